The average molecular weight is 341 g/mol. The van der Waals surface area contributed by atoms with E-state index in [-0.39, 0.29) is 11.9 Å². The lowest BCUT2D eigenvalue weighted by molar-refractivity contribution is -0.132. The average Bonchev–Trinajstić information content (AvgIpc) is 3.28. The molecular weight excluding hydrogens is 318 g/mol. The van der Waals surface area contributed by atoms with E-state index in [1.165, 1.54) is 0 Å². The van der Waals surface area contributed by atoms with Crippen LogP contribution in [0.25, 0.3) is 0 Å². The van der Waals surface area contributed by atoms with Crippen molar-refractivity contribution in [2.24, 2.45) is 0 Å². The van der Waals surface area contributed by atoms with Crippen LogP contribution in [0.15, 0.2) is 30.6 Å². The zero-order valence-electron chi connectivity index (χ0n) is 14.5. The van der Waals surface area contributed by atoms with Crippen LogP contribution in [0, 0.1) is 6.92 Å². The van der Waals surface area contributed by atoms with E-state index >= 15 is 0 Å². The molecule has 0 radical (unpaired) electrons. The van der Waals surface area contributed by atoms with Gasteiger partial charge in [-0.15, -0.1) is 0 Å². The number of amides is 1. The second kappa shape index (κ2) is 6.78. The number of rotatable bonds is 4. The van der Waals surface area contributed by atoms with Crippen molar-refractivity contribution in [3.63, 3.8) is 0 Å². The molecular formula is C19H23N3O3. The number of benzene rings is 1. The predicted molar refractivity (Wildman–Crippen MR) is 92.7 cm³/mol. The summed E-state index contributed by atoms with van der Waals surface area (Å²) in [5.41, 5.74) is 2.24. The summed E-state index contributed by atoms with van der Waals surface area (Å²) in [6, 6.07) is 6.17. The number of hydrogen-bond donors (Lipinski definition) is 0. The van der Waals surface area contributed by atoms with E-state index in [9.17, 15) is 4.79 Å². The highest BCUT2D eigenvalue weighted by Crippen LogP contribution is 2.38. The molecule has 2 aromatic rings. The first-order chi connectivity index (χ1) is 12.2. The van der Waals surface area contributed by atoms with Crippen LogP contribution < -0.4 is 9.47 Å². The molecule has 1 atom stereocenters. The molecule has 0 bridgehead atoms. The summed E-state index contributed by atoms with van der Waals surface area (Å²) >= 11 is 0. The molecule has 1 saturated heterocycles. The van der Waals surface area contributed by atoms with Crippen LogP contribution in [0.2, 0.25) is 0 Å². The molecule has 1 unspecified atom stereocenters. The summed E-state index contributed by atoms with van der Waals surface area (Å²) in [7, 11) is 0. The van der Waals surface area contributed by atoms with Crippen molar-refractivity contribution in [2.75, 3.05) is 19.8 Å². The van der Waals surface area contributed by atoms with Crippen molar-refractivity contribution < 1.29 is 14.3 Å². The highest BCUT2D eigenvalue weighted by Gasteiger charge is 2.30. The number of ether oxygens (including phenoxy) is 2. The van der Waals surface area contributed by atoms with Crippen molar-refractivity contribution >= 4 is 5.91 Å². The van der Waals surface area contributed by atoms with E-state index in [4.69, 9.17) is 9.47 Å². The van der Waals surface area contributed by atoms with Gasteiger partial charge in [-0.2, -0.15) is 5.10 Å². The fourth-order valence-corrected chi connectivity index (χ4v) is 3.62. The molecule has 6 heteroatoms. The standard InChI is InChI=1S/C19H23N3O3/c1-14-12-20-21(13-14)8-6-19(23)22-7-2-3-16(22)15-4-5-17-18(11-15)25-10-9-24-17/h4-5,11-13,16H,2-3,6-10H2,1H3. The lowest BCUT2D eigenvalue weighted by Gasteiger charge is -2.27. The van der Waals surface area contributed by atoms with Crippen molar-refractivity contribution in [2.45, 2.75) is 38.8 Å². The first-order valence-corrected chi connectivity index (χ1v) is 8.89. The Bertz CT molecular complexity index is 771. The Balaban J connectivity index is 1.45. The van der Waals surface area contributed by atoms with Gasteiger partial charge >= 0.3 is 0 Å². The molecule has 1 aromatic carbocycles. The Morgan fingerprint density at radius 3 is 2.92 bits per heavy atom. The number of carbonyl (C=O) groups excluding carboxylic acids is 1. The fraction of sp³-hybridized carbons (Fsp3) is 0.474. The number of fused-ring (bicyclic) bond motifs is 1. The topological polar surface area (TPSA) is 56.6 Å². The number of likely N-dealkylation sites (tertiary alicyclic amines) is 1. The quantitative estimate of drug-likeness (QED) is 0.858. The van der Waals surface area contributed by atoms with E-state index in [1.54, 1.807) is 0 Å². The van der Waals surface area contributed by atoms with Gasteiger partial charge in [0.05, 0.1) is 12.2 Å². The molecule has 6 nitrogen and oxygen atoms in total. The Labute approximate surface area is 147 Å². The van der Waals surface area contributed by atoms with Gasteiger partial charge in [-0.25, -0.2) is 0 Å². The summed E-state index contributed by atoms with van der Waals surface area (Å²) in [5, 5.41) is 4.26. The highest BCUT2D eigenvalue weighted by atomic mass is 16.6. The van der Waals surface area contributed by atoms with Crippen LogP contribution in [0.5, 0.6) is 11.5 Å². The van der Waals surface area contributed by atoms with Gasteiger partial charge in [-0.3, -0.25) is 9.48 Å². The zero-order valence-corrected chi connectivity index (χ0v) is 14.5. The molecule has 4 rings (SSSR count). The molecule has 0 spiro atoms. The smallest absolute Gasteiger partial charge is 0.224 e. The molecule has 1 amide bonds. The molecule has 25 heavy (non-hydrogen) atoms. The van der Waals surface area contributed by atoms with Crippen molar-refractivity contribution in [3.05, 3.63) is 41.7 Å². The minimum absolute atomic E-state index is 0.127. The summed E-state index contributed by atoms with van der Waals surface area (Å²) < 4.78 is 13.1. The summed E-state index contributed by atoms with van der Waals surface area (Å²) in [6.45, 7) is 4.61. The molecule has 1 aromatic heterocycles. The second-order valence-corrected chi connectivity index (χ2v) is 6.68. The molecule has 1 fully saturated rings. The second-order valence-electron chi connectivity index (χ2n) is 6.68. The SMILES string of the molecule is Cc1cnn(CCC(=O)N2CCCC2c2ccc3c(c2)OCCO3)c1. The molecule has 0 saturated carbocycles. The maximum atomic E-state index is 12.7. The number of nitrogens with zero attached hydrogens (tertiary/aromatic N) is 3. The van der Waals surface area contributed by atoms with Crippen LogP contribution in [-0.4, -0.2) is 40.3 Å². The maximum absolute atomic E-state index is 12.7. The van der Waals surface area contributed by atoms with E-state index in [2.05, 4.69) is 11.2 Å². The third-order valence-electron chi connectivity index (χ3n) is 4.84. The number of carbonyl (C=O) groups is 1. The van der Waals surface area contributed by atoms with Gasteiger partial charge in [0.15, 0.2) is 11.5 Å². The van der Waals surface area contributed by atoms with Gasteiger partial charge in [0.2, 0.25) is 5.91 Å². The number of aromatic nitrogens is 2. The lowest BCUT2D eigenvalue weighted by Crippen LogP contribution is -2.31. The normalized spacial score (nSPS) is 19.2. The third-order valence-corrected chi connectivity index (χ3v) is 4.84. The lowest BCUT2D eigenvalue weighted by atomic mass is 10.0. The number of aryl methyl sites for hydroxylation is 2. The highest BCUT2D eigenvalue weighted by molar-refractivity contribution is 5.77. The van der Waals surface area contributed by atoms with Crippen molar-refractivity contribution in [1.29, 1.82) is 0 Å². The van der Waals surface area contributed by atoms with Crippen molar-refractivity contribution in [3.8, 4) is 11.5 Å². The Morgan fingerprint density at radius 2 is 2.12 bits per heavy atom. The Hall–Kier alpha value is -2.50. The van der Waals surface area contributed by atoms with Gasteiger partial charge < -0.3 is 14.4 Å². The Kier molecular flexibility index (Phi) is 4.34. The van der Waals surface area contributed by atoms with Gasteiger partial charge in [-0.05, 0) is 43.0 Å². The maximum Gasteiger partial charge on any atom is 0.224 e. The first-order valence-electron chi connectivity index (χ1n) is 8.89. The monoisotopic (exact) mass is 341 g/mol. The summed E-state index contributed by atoms with van der Waals surface area (Å²) in [6.07, 6.45) is 6.29. The van der Waals surface area contributed by atoms with Crippen molar-refractivity contribution in [1.82, 2.24) is 14.7 Å². The van der Waals surface area contributed by atoms with Gasteiger partial charge in [0.1, 0.15) is 13.2 Å². The van der Waals surface area contributed by atoms with Gasteiger partial charge in [-0.1, -0.05) is 6.07 Å². The summed E-state index contributed by atoms with van der Waals surface area (Å²) in [4.78, 5) is 14.7. The fourth-order valence-electron chi connectivity index (χ4n) is 3.62. The molecule has 3 heterocycles. The van der Waals surface area contributed by atoms with E-state index in [0.717, 1.165) is 42.0 Å². The molecule has 2 aliphatic rings. The Morgan fingerprint density at radius 1 is 1.28 bits per heavy atom. The van der Waals surface area contributed by atoms with E-state index in [1.807, 2.05) is 41.0 Å². The minimum atomic E-state index is 0.127. The number of hydrogen-bond acceptors (Lipinski definition) is 4. The van der Waals surface area contributed by atoms with Crippen LogP contribution in [0.3, 0.4) is 0 Å². The van der Waals surface area contributed by atoms with E-state index < -0.39 is 0 Å². The van der Waals surface area contributed by atoms with Crippen LogP contribution >= 0.6 is 0 Å². The summed E-state index contributed by atoms with van der Waals surface area (Å²) in [5.74, 6) is 1.76. The third kappa shape index (κ3) is 3.34. The molecule has 0 N–H and O–H groups in total. The molecule has 132 valence electrons. The van der Waals surface area contributed by atoms with Crippen LogP contribution in [-0.2, 0) is 11.3 Å². The van der Waals surface area contributed by atoms with Crippen LogP contribution in [0.1, 0.15) is 36.4 Å². The zero-order chi connectivity index (χ0) is 17.2. The van der Waals surface area contributed by atoms with Crippen LogP contribution in [0.4, 0.5) is 0 Å². The molecule has 2 aliphatic heterocycles. The van der Waals surface area contributed by atoms with Gasteiger partial charge in [0.25, 0.3) is 0 Å². The van der Waals surface area contributed by atoms with E-state index in [0.29, 0.717) is 26.2 Å². The van der Waals surface area contributed by atoms with Gasteiger partial charge in [0, 0.05) is 25.7 Å². The predicted octanol–water partition coefficient (Wildman–Crippen LogP) is 2.72. The first kappa shape index (κ1) is 16.0. The minimum Gasteiger partial charge on any atom is -0.486 e. The molecule has 0 aliphatic carbocycles. The largest absolute Gasteiger partial charge is 0.486 e.